The zero-order valence-electron chi connectivity index (χ0n) is 11.6. The molecule has 0 amide bonds. The summed E-state index contributed by atoms with van der Waals surface area (Å²) in [5.41, 5.74) is 1.91. The summed E-state index contributed by atoms with van der Waals surface area (Å²) in [6, 6.07) is 10.8. The summed E-state index contributed by atoms with van der Waals surface area (Å²) in [4.78, 5) is 2.35. The lowest BCUT2D eigenvalue weighted by Gasteiger charge is -2.38. The molecule has 0 aliphatic heterocycles. The van der Waals surface area contributed by atoms with Gasteiger partial charge in [-0.05, 0) is 49.3 Å². The zero-order valence-corrected chi connectivity index (χ0v) is 11.6. The van der Waals surface area contributed by atoms with E-state index >= 15 is 0 Å². The Balaban J connectivity index is 2.11. The Bertz CT molecular complexity index is 447. The Morgan fingerprint density at radius 3 is 2.67 bits per heavy atom. The topological polar surface area (TPSA) is 27.0 Å². The monoisotopic (exact) mass is 242 g/mol. The van der Waals surface area contributed by atoms with Crippen LogP contribution in [0, 0.1) is 23.2 Å². The maximum atomic E-state index is 8.96. The Hall–Kier alpha value is -1.49. The molecule has 1 fully saturated rings. The first-order chi connectivity index (χ1) is 8.61. The molecule has 2 rings (SSSR count). The molecule has 0 spiro atoms. The fraction of sp³-hybridized carbons (Fsp3) is 0.562. The van der Waals surface area contributed by atoms with Crippen molar-refractivity contribution < 1.29 is 0 Å². The summed E-state index contributed by atoms with van der Waals surface area (Å²) < 4.78 is 0. The first kappa shape index (κ1) is 13.0. The van der Waals surface area contributed by atoms with Crippen LogP contribution in [0.15, 0.2) is 24.3 Å². The second-order valence-corrected chi connectivity index (χ2v) is 5.69. The van der Waals surface area contributed by atoms with Crippen LogP contribution >= 0.6 is 0 Å². The molecule has 3 unspecified atom stereocenters. The van der Waals surface area contributed by atoms with Crippen molar-refractivity contribution in [2.75, 3.05) is 11.9 Å². The van der Waals surface area contributed by atoms with E-state index in [1.165, 1.54) is 24.9 Å². The number of nitriles is 1. The number of hydrogen-bond acceptors (Lipinski definition) is 2. The Labute approximate surface area is 110 Å². The second-order valence-electron chi connectivity index (χ2n) is 5.69. The second kappa shape index (κ2) is 5.44. The molecule has 0 heterocycles. The molecular weight excluding hydrogens is 220 g/mol. The van der Waals surface area contributed by atoms with Crippen LogP contribution in [0.3, 0.4) is 0 Å². The number of anilines is 1. The van der Waals surface area contributed by atoms with Crippen LogP contribution in [0.1, 0.15) is 38.7 Å². The first-order valence-corrected chi connectivity index (χ1v) is 6.85. The van der Waals surface area contributed by atoms with E-state index in [1.807, 2.05) is 18.2 Å². The zero-order chi connectivity index (χ0) is 13.1. The van der Waals surface area contributed by atoms with Crippen molar-refractivity contribution in [2.45, 2.75) is 39.2 Å². The maximum Gasteiger partial charge on any atom is 0.0992 e. The molecule has 1 aromatic carbocycles. The lowest BCUT2D eigenvalue weighted by Crippen LogP contribution is -2.37. The van der Waals surface area contributed by atoms with E-state index < -0.39 is 0 Å². The van der Waals surface area contributed by atoms with Gasteiger partial charge in [0.15, 0.2) is 0 Å². The molecule has 96 valence electrons. The maximum absolute atomic E-state index is 8.96. The summed E-state index contributed by atoms with van der Waals surface area (Å²) in [6.45, 7) is 4.72. The molecule has 18 heavy (non-hydrogen) atoms. The number of nitrogens with zero attached hydrogens (tertiary/aromatic N) is 2. The van der Waals surface area contributed by atoms with Gasteiger partial charge in [0.25, 0.3) is 0 Å². The van der Waals surface area contributed by atoms with E-state index in [1.54, 1.807) is 0 Å². The van der Waals surface area contributed by atoms with Crippen molar-refractivity contribution >= 4 is 5.69 Å². The summed E-state index contributed by atoms with van der Waals surface area (Å²) in [6.07, 6.45) is 3.83. The van der Waals surface area contributed by atoms with E-state index in [9.17, 15) is 0 Å². The van der Waals surface area contributed by atoms with Crippen LogP contribution in [0.4, 0.5) is 5.69 Å². The van der Waals surface area contributed by atoms with Gasteiger partial charge in [0, 0.05) is 18.8 Å². The van der Waals surface area contributed by atoms with Crippen molar-refractivity contribution in [3.63, 3.8) is 0 Å². The summed E-state index contributed by atoms with van der Waals surface area (Å²) in [7, 11) is 2.16. The Kier molecular flexibility index (Phi) is 3.91. The van der Waals surface area contributed by atoms with Crippen LogP contribution in [-0.4, -0.2) is 13.1 Å². The summed E-state index contributed by atoms with van der Waals surface area (Å²) in [5.74, 6) is 1.64. The minimum absolute atomic E-state index is 0.616. The first-order valence-electron chi connectivity index (χ1n) is 6.85. The third-order valence-electron chi connectivity index (χ3n) is 4.50. The van der Waals surface area contributed by atoms with Gasteiger partial charge in [-0.2, -0.15) is 5.26 Å². The Morgan fingerprint density at radius 1 is 1.22 bits per heavy atom. The average Bonchev–Trinajstić information content (AvgIpc) is 2.41. The predicted octanol–water partition coefficient (Wildman–Crippen LogP) is 3.82. The molecule has 1 aliphatic rings. The molecule has 1 aromatic rings. The van der Waals surface area contributed by atoms with Crippen molar-refractivity contribution in [3.05, 3.63) is 29.8 Å². The smallest absolute Gasteiger partial charge is 0.0992 e. The normalized spacial score (nSPS) is 27.6. The van der Waals surface area contributed by atoms with Crippen LogP contribution in [0.25, 0.3) is 0 Å². The van der Waals surface area contributed by atoms with Crippen LogP contribution in [0.5, 0.6) is 0 Å². The van der Waals surface area contributed by atoms with Crippen LogP contribution in [-0.2, 0) is 0 Å². The van der Waals surface area contributed by atoms with Gasteiger partial charge in [0.1, 0.15) is 0 Å². The quantitative estimate of drug-likeness (QED) is 0.788. The standard InChI is InChI=1S/C16H22N2/c1-12-7-8-16(9-13(12)2)18(3)15-6-4-5-14(10-15)11-17/h4-6,10,12-13,16H,7-9H2,1-3H3. The van der Waals surface area contributed by atoms with Crippen molar-refractivity contribution in [1.29, 1.82) is 5.26 Å². The van der Waals surface area contributed by atoms with Gasteiger partial charge < -0.3 is 4.90 Å². The fourth-order valence-electron chi connectivity index (χ4n) is 2.88. The minimum atomic E-state index is 0.616. The van der Waals surface area contributed by atoms with Gasteiger partial charge >= 0.3 is 0 Å². The van der Waals surface area contributed by atoms with E-state index in [4.69, 9.17) is 5.26 Å². The minimum Gasteiger partial charge on any atom is -0.372 e. The molecule has 0 radical (unpaired) electrons. The van der Waals surface area contributed by atoms with Crippen LogP contribution in [0.2, 0.25) is 0 Å². The molecule has 3 atom stereocenters. The third kappa shape index (κ3) is 2.67. The summed E-state index contributed by atoms with van der Waals surface area (Å²) in [5, 5.41) is 8.96. The van der Waals surface area contributed by atoms with Gasteiger partial charge in [0.2, 0.25) is 0 Å². The molecule has 0 saturated heterocycles. The molecule has 0 bridgehead atoms. The molecular formula is C16H22N2. The molecule has 2 nitrogen and oxygen atoms in total. The van der Waals surface area contributed by atoms with Crippen molar-refractivity contribution in [3.8, 4) is 6.07 Å². The highest BCUT2D eigenvalue weighted by atomic mass is 15.1. The van der Waals surface area contributed by atoms with Gasteiger partial charge in [-0.15, -0.1) is 0 Å². The van der Waals surface area contributed by atoms with E-state index in [0.29, 0.717) is 6.04 Å². The van der Waals surface area contributed by atoms with Gasteiger partial charge in [-0.1, -0.05) is 19.9 Å². The molecule has 1 saturated carbocycles. The lowest BCUT2D eigenvalue weighted by molar-refractivity contribution is 0.247. The van der Waals surface area contributed by atoms with E-state index in [0.717, 1.165) is 17.4 Å². The fourth-order valence-corrected chi connectivity index (χ4v) is 2.88. The molecule has 0 aromatic heterocycles. The largest absolute Gasteiger partial charge is 0.372 e. The van der Waals surface area contributed by atoms with Crippen LogP contribution < -0.4 is 4.90 Å². The van der Waals surface area contributed by atoms with E-state index in [-0.39, 0.29) is 0 Å². The van der Waals surface area contributed by atoms with Gasteiger partial charge in [0.05, 0.1) is 11.6 Å². The van der Waals surface area contributed by atoms with Gasteiger partial charge in [-0.25, -0.2) is 0 Å². The highest BCUT2D eigenvalue weighted by Gasteiger charge is 2.27. The van der Waals surface area contributed by atoms with E-state index in [2.05, 4.69) is 37.9 Å². The Morgan fingerprint density at radius 2 is 2.00 bits per heavy atom. The number of benzene rings is 1. The third-order valence-corrected chi connectivity index (χ3v) is 4.50. The number of rotatable bonds is 2. The molecule has 0 N–H and O–H groups in total. The van der Waals surface area contributed by atoms with Crippen molar-refractivity contribution in [2.24, 2.45) is 11.8 Å². The number of hydrogen-bond donors (Lipinski definition) is 0. The SMILES string of the molecule is CC1CCC(N(C)c2cccc(C#N)c2)CC1C. The highest BCUT2D eigenvalue weighted by Crippen LogP contribution is 2.33. The molecule has 2 heteroatoms. The average molecular weight is 242 g/mol. The lowest BCUT2D eigenvalue weighted by atomic mass is 9.78. The predicted molar refractivity (Wildman–Crippen MR) is 75.5 cm³/mol. The highest BCUT2D eigenvalue weighted by molar-refractivity contribution is 5.51. The molecule has 1 aliphatic carbocycles. The van der Waals surface area contributed by atoms with Gasteiger partial charge in [-0.3, -0.25) is 0 Å². The summed E-state index contributed by atoms with van der Waals surface area (Å²) >= 11 is 0. The van der Waals surface area contributed by atoms with Crippen molar-refractivity contribution in [1.82, 2.24) is 0 Å².